The molecule has 106 valence electrons. The predicted molar refractivity (Wildman–Crippen MR) is 91.0 cm³/mol. The molecule has 0 aromatic rings. The summed E-state index contributed by atoms with van der Waals surface area (Å²) in [6.45, 7) is 9.05. The van der Waals surface area contributed by atoms with E-state index in [9.17, 15) is 0 Å². The third kappa shape index (κ3) is 14.3. The zero-order chi connectivity index (χ0) is 12.9. The van der Waals surface area contributed by atoms with Crippen LogP contribution in [0.1, 0.15) is 39.5 Å². The van der Waals surface area contributed by atoms with Gasteiger partial charge in [-0.3, -0.25) is 0 Å². The van der Waals surface area contributed by atoms with Crippen molar-refractivity contribution in [3.05, 3.63) is 10.6 Å². The summed E-state index contributed by atoms with van der Waals surface area (Å²) in [6.07, 6.45) is 5.28. The second-order valence-electron chi connectivity index (χ2n) is 4.75. The van der Waals surface area contributed by atoms with Crippen LogP contribution in [0.3, 0.4) is 0 Å². The van der Waals surface area contributed by atoms with Crippen molar-refractivity contribution in [2.45, 2.75) is 39.5 Å². The van der Waals surface area contributed by atoms with Gasteiger partial charge in [0.1, 0.15) is 0 Å². The molecule has 2 aliphatic heterocycles. The Balaban J connectivity index is 0.000000247. The second kappa shape index (κ2) is 14.5. The molecule has 0 unspecified atom stereocenters. The summed E-state index contributed by atoms with van der Waals surface area (Å²) in [5.74, 6) is 1.88. The summed E-state index contributed by atoms with van der Waals surface area (Å²) in [6, 6.07) is 0. The minimum absolute atomic E-state index is 0.523. The van der Waals surface area contributed by atoms with Gasteiger partial charge in [0, 0.05) is 0 Å². The molecule has 0 N–H and O–H groups in total. The van der Waals surface area contributed by atoms with Crippen molar-refractivity contribution in [3.8, 4) is 0 Å². The van der Waals surface area contributed by atoms with E-state index in [4.69, 9.17) is 0 Å². The zero-order valence-electron chi connectivity index (χ0n) is 10.8. The summed E-state index contributed by atoms with van der Waals surface area (Å²) in [4.78, 5) is 0. The van der Waals surface area contributed by atoms with Gasteiger partial charge in [-0.15, -0.1) is 26.2 Å². The average molecular weight is 645 g/mol. The quantitative estimate of drug-likeness (QED) is 0.318. The van der Waals surface area contributed by atoms with Gasteiger partial charge in [-0.2, -0.15) is 0 Å². The van der Waals surface area contributed by atoms with Gasteiger partial charge in [0.05, 0.1) is 0 Å². The van der Waals surface area contributed by atoms with Crippen molar-refractivity contribution in [2.75, 3.05) is 26.2 Å². The summed E-state index contributed by atoms with van der Waals surface area (Å²) < 4.78 is 0. The maximum absolute atomic E-state index is 4.23. The van der Waals surface area contributed by atoms with Crippen LogP contribution in [0.15, 0.2) is 0 Å². The van der Waals surface area contributed by atoms with Gasteiger partial charge >= 0.3 is 49.9 Å². The Morgan fingerprint density at radius 3 is 1.12 bits per heavy atom. The molecule has 0 radical (unpaired) electrons. The summed E-state index contributed by atoms with van der Waals surface area (Å²) in [5, 5.41) is 8.46. The van der Waals surface area contributed by atoms with Crippen LogP contribution < -0.4 is 0 Å². The molecule has 2 aliphatic rings. The first-order chi connectivity index (χ1) is 8.20. The van der Waals surface area contributed by atoms with Gasteiger partial charge in [-0.25, -0.2) is 0 Å². The number of hydrogen-bond donors (Lipinski definition) is 0. The van der Waals surface area contributed by atoms with E-state index >= 15 is 0 Å². The molecule has 0 aromatic heterocycles. The first-order valence-corrected chi connectivity index (χ1v) is 19.2. The fourth-order valence-electron chi connectivity index (χ4n) is 1.76. The molecule has 0 saturated carbocycles. The van der Waals surface area contributed by atoms with Crippen molar-refractivity contribution in [1.29, 1.82) is 0 Å². The SMILES string of the molecule is CC1CC[N-]CC1.CC1CC[N-]CC1.[I][Pt+2][I]. The van der Waals surface area contributed by atoms with E-state index in [1.807, 2.05) is 0 Å². The Morgan fingerprint density at radius 2 is 1.00 bits per heavy atom. The fourth-order valence-corrected chi connectivity index (χ4v) is 1.76. The molecular weight excluding hydrogens is 621 g/mol. The topological polar surface area (TPSA) is 28.2 Å². The Morgan fingerprint density at radius 1 is 0.765 bits per heavy atom. The molecule has 17 heavy (non-hydrogen) atoms. The van der Waals surface area contributed by atoms with Crippen LogP contribution in [-0.2, 0) is 11.2 Å². The van der Waals surface area contributed by atoms with Crippen LogP contribution in [0.4, 0.5) is 0 Å². The van der Waals surface area contributed by atoms with E-state index in [2.05, 4.69) is 63.2 Å². The van der Waals surface area contributed by atoms with Crippen LogP contribution in [0, 0.1) is 11.8 Å². The Labute approximate surface area is 136 Å². The number of halogens is 2. The van der Waals surface area contributed by atoms with E-state index in [1.54, 1.807) is 0 Å². The maximum atomic E-state index is 4.23. The number of nitrogens with zero attached hydrogens (tertiary/aromatic N) is 2. The van der Waals surface area contributed by atoms with E-state index in [-0.39, 0.29) is 0 Å². The van der Waals surface area contributed by atoms with Crippen LogP contribution in [-0.4, -0.2) is 26.2 Å². The first kappa shape index (κ1) is 19.1. The molecule has 5 heteroatoms. The molecule has 2 nitrogen and oxygen atoms in total. The normalized spacial score (nSPS) is 22.1. The number of rotatable bonds is 0. The van der Waals surface area contributed by atoms with Gasteiger partial charge in [0.2, 0.25) is 0 Å². The monoisotopic (exact) mass is 645 g/mol. The van der Waals surface area contributed by atoms with E-state index < -0.39 is 0 Å². The van der Waals surface area contributed by atoms with Crippen molar-refractivity contribution >= 4 is 38.7 Å². The average Bonchev–Trinajstić information content (AvgIpc) is 2.33. The Bertz CT molecular complexity index is 133. The van der Waals surface area contributed by atoms with Crippen molar-refractivity contribution in [3.63, 3.8) is 0 Å². The van der Waals surface area contributed by atoms with Gasteiger partial charge < -0.3 is 10.6 Å². The standard InChI is InChI=1S/2C6H12N.2HI.Pt/c2*1-6-2-4-7-5-3-6;;;/h2*6H,2-5H2,1H3;2*1H;/q2*-1;;;+4/p-2. The minimum atomic E-state index is 0.523. The number of piperidine rings is 2. The molecule has 0 amide bonds. The molecule has 0 atom stereocenters. The summed E-state index contributed by atoms with van der Waals surface area (Å²) >= 11 is 5.30. The summed E-state index contributed by atoms with van der Waals surface area (Å²) in [7, 11) is 0. The molecule has 0 bridgehead atoms. The van der Waals surface area contributed by atoms with Gasteiger partial charge in [0.25, 0.3) is 0 Å². The third-order valence-corrected chi connectivity index (χ3v) is 3.12. The molecule has 2 saturated heterocycles. The van der Waals surface area contributed by atoms with Crippen LogP contribution in [0.25, 0.3) is 10.6 Å². The zero-order valence-corrected chi connectivity index (χ0v) is 17.4. The second-order valence-corrected chi connectivity index (χ2v) is 21.3. The van der Waals surface area contributed by atoms with Crippen LogP contribution >= 0.6 is 38.7 Å². The predicted octanol–water partition coefficient (Wildman–Crippen LogP) is 5.35. The van der Waals surface area contributed by atoms with E-state index in [0.29, 0.717) is 11.2 Å². The van der Waals surface area contributed by atoms with Crippen LogP contribution in [0.2, 0.25) is 0 Å². The summed E-state index contributed by atoms with van der Waals surface area (Å²) in [5.41, 5.74) is 0. The van der Waals surface area contributed by atoms with E-state index in [0.717, 1.165) is 38.0 Å². The third-order valence-electron chi connectivity index (χ3n) is 3.12. The van der Waals surface area contributed by atoms with Crippen molar-refractivity contribution in [1.82, 2.24) is 0 Å². The molecule has 0 aliphatic carbocycles. The van der Waals surface area contributed by atoms with Crippen LogP contribution in [0.5, 0.6) is 0 Å². The molecular formula is C12H24I2N2Pt. The van der Waals surface area contributed by atoms with Gasteiger partial charge in [-0.05, 0) is 11.8 Å². The Kier molecular flexibility index (Phi) is 16.2. The Hall–Kier alpha value is 2.07. The molecule has 2 fully saturated rings. The van der Waals surface area contributed by atoms with Gasteiger partial charge in [-0.1, -0.05) is 39.5 Å². The fraction of sp³-hybridized carbons (Fsp3) is 1.00. The molecule has 0 spiro atoms. The molecule has 0 aromatic carbocycles. The first-order valence-electron chi connectivity index (χ1n) is 6.29. The van der Waals surface area contributed by atoms with E-state index in [1.165, 1.54) is 25.7 Å². The van der Waals surface area contributed by atoms with Gasteiger partial charge in [0.15, 0.2) is 0 Å². The van der Waals surface area contributed by atoms with Crippen molar-refractivity contribution in [2.24, 2.45) is 11.8 Å². The van der Waals surface area contributed by atoms with Crippen molar-refractivity contribution < 1.29 is 11.2 Å². The molecule has 2 rings (SSSR count). The number of hydrogen-bond acceptors (Lipinski definition) is 0. The molecule has 2 heterocycles.